The number of para-hydroxylation sites is 2. The van der Waals surface area contributed by atoms with Gasteiger partial charge in [-0.3, -0.25) is 4.98 Å². The van der Waals surface area contributed by atoms with Crippen LogP contribution in [-0.4, -0.2) is 9.55 Å². The second-order valence-corrected chi connectivity index (χ2v) is 14.4. The lowest BCUT2D eigenvalue weighted by Crippen LogP contribution is -1.95. The molecule has 0 radical (unpaired) electrons. The Morgan fingerprint density at radius 3 is 1.32 bits per heavy atom. The number of rotatable bonds is 5. The molecule has 4 nitrogen and oxygen atoms in total. The van der Waals surface area contributed by atoms with E-state index in [0.717, 1.165) is 94.1 Å². The lowest BCUT2D eigenvalue weighted by atomic mass is 9.98. The van der Waals surface area contributed by atoms with Gasteiger partial charge in [0.05, 0.1) is 16.7 Å². The van der Waals surface area contributed by atoms with Crippen molar-refractivity contribution in [2.45, 2.75) is 55.4 Å². The average molecular weight is 853 g/mol. The summed E-state index contributed by atoms with van der Waals surface area (Å²) >= 11 is 0. The van der Waals surface area contributed by atoms with Gasteiger partial charge < -0.3 is 13.4 Å². The highest BCUT2D eigenvalue weighted by molar-refractivity contribution is 6.13. The largest absolute Gasteiger partial charge is 0.456 e. The molecule has 326 valence electrons. The zero-order chi connectivity index (χ0) is 46.3. The van der Waals surface area contributed by atoms with E-state index >= 15 is 0 Å². The minimum Gasteiger partial charge on any atom is -0.456 e. The van der Waals surface area contributed by atoms with Crippen molar-refractivity contribution in [1.82, 2.24) is 9.55 Å². The third-order valence-electron chi connectivity index (χ3n) is 10.6. The van der Waals surface area contributed by atoms with Gasteiger partial charge in [0.15, 0.2) is 0 Å². The van der Waals surface area contributed by atoms with Crippen molar-refractivity contribution in [3.63, 3.8) is 0 Å². The maximum absolute atomic E-state index is 6.15. The van der Waals surface area contributed by atoms with Crippen LogP contribution in [0.4, 0.5) is 0 Å². The first kappa shape index (κ1) is 46.8. The minimum atomic E-state index is 0.900. The summed E-state index contributed by atoms with van der Waals surface area (Å²) < 4.78 is 14.7. The van der Waals surface area contributed by atoms with E-state index in [-0.39, 0.29) is 0 Å². The molecule has 65 heavy (non-hydrogen) atoms. The number of allylic oxidation sites excluding steroid dienone is 4. The zero-order valence-corrected chi connectivity index (χ0v) is 39.1. The molecule has 4 heterocycles. The molecule has 0 unspecified atom stereocenters. The normalized spacial score (nSPS) is 10.5. The monoisotopic (exact) mass is 852 g/mol. The second kappa shape index (κ2) is 22.6. The van der Waals surface area contributed by atoms with Crippen LogP contribution in [0.15, 0.2) is 216 Å². The summed E-state index contributed by atoms with van der Waals surface area (Å²) in [6, 6.07) is 57.9. The summed E-state index contributed by atoms with van der Waals surface area (Å²) in [6.45, 7) is 22.7. The Kier molecular flexibility index (Phi) is 16.3. The summed E-state index contributed by atoms with van der Waals surface area (Å²) in [5.41, 5.74) is 13.7. The molecule has 0 aliphatic heterocycles. The maximum atomic E-state index is 6.15. The van der Waals surface area contributed by atoms with E-state index in [1.165, 1.54) is 10.8 Å². The van der Waals surface area contributed by atoms with E-state index in [9.17, 15) is 0 Å². The fourth-order valence-corrected chi connectivity index (χ4v) is 7.95. The van der Waals surface area contributed by atoms with Gasteiger partial charge in [-0.1, -0.05) is 151 Å². The molecule has 4 aromatic heterocycles. The minimum absolute atomic E-state index is 0.900. The quantitative estimate of drug-likeness (QED) is 0.128. The molecule has 0 aliphatic carbocycles. The van der Waals surface area contributed by atoms with Crippen LogP contribution in [0.3, 0.4) is 0 Å². The third-order valence-corrected chi connectivity index (χ3v) is 10.6. The Balaban J connectivity index is 0.000000450. The van der Waals surface area contributed by atoms with E-state index in [1.807, 2.05) is 110 Å². The van der Waals surface area contributed by atoms with Gasteiger partial charge in [-0.05, 0) is 121 Å². The molecule has 0 amide bonds. The molecule has 0 spiro atoms. The molecule has 4 heteroatoms. The molecule has 0 saturated heterocycles. The predicted octanol–water partition coefficient (Wildman–Crippen LogP) is 19.0. The standard InChI is InChI=1S/C47H28N2O2.C5H8.C3H6.3C2H6/c1-3-13-44-35(10-1)39-27-31(17-21-46(39)50-44)29-15-19-42-37(25-29)38-26-30(32-18-22-47-40(28-32)36-11-2-4-14-45(36)51-47)16-20-43(38)49(42)34-9-7-8-33(24-34)41-12-5-6-23-48-41;1-3-5-4-2;1-3-2;3*1-2/h1-28H;3-5H,1H2,2H3;3H,1H2,2H3;3*1-2H3/b;5-4-;;;;. The van der Waals surface area contributed by atoms with Gasteiger partial charge in [0.1, 0.15) is 22.3 Å². The van der Waals surface area contributed by atoms with Crippen molar-refractivity contribution < 1.29 is 8.83 Å². The fourth-order valence-electron chi connectivity index (χ4n) is 7.95. The van der Waals surface area contributed by atoms with Crippen molar-refractivity contribution in [2.75, 3.05) is 0 Å². The molecule has 0 atom stereocenters. The molecule has 11 aromatic rings. The Labute approximate surface area is 384 Å². The van der Waals surface area contributed by atoms with Crippen molar-refractivity contribution in [1.29, 1.82) is 0 Å². The number of fused-ring (bicyclic) bond motifs is 9. The Morgan fingerprint density at radius 1 is 0.431 bits per heavy atom. The number of pyridine rings is 1. The molecular formula is C61H60N2O2. The van der Waals surface area contributed by atoms with Crippen LogP contribution in [0, 0.1) is 0 Å². The Morgan fingerprint density at radius 2 is 0.877 bits per heavy atom. The van der Waals surface area contributed by atoms with Gasteiger partial charge in [-0.2, -0.15) is 0 Å². The van der Waals surface area contributed by atoms with Crippen LogP contribution >= 0.6 is 0 Å². The van der Waals surface area contributed by atoms with Crippen LogP contribution in [0.25, 0.3) is 105 Å². The van der Waals surface area contributed by atoms with E-state index in [2.05, 4.69) is 150 Å². The predicted molar refractivity (Wildman–Crippen MR) is 284 cm³/mol. The average Bonchev–Trinajstić information content (AvgIpc) is 4.05. The topological polar surface area (TPSA) is 44.1 Å². The second-order valence-electron chi connectivity index (χ2n) is 14.4. The van der Waals surface area contributed by atoms with Crippen molar-refractivity contribution in [2.24, 2.45) is 0 Å². The number of hydrogen-bond donors (Lipinski definition) is 0. The van der Waals surface area contributed by atoms with E-state index in [4.69, 9.17) is 8.83 Å². The van der Waals surface area contributed by atoms with Crippen molar-refractivity contribution >= 4 is 65.7 Å². The maximum Gasteiger partial charge on any atom is 0.135 e. The highest BCUT2D eigenvalue weighted by Crippen LogP contribution is 2.40. The molecule has 0 fully saturated rings. The number of nitrogens with zero attached hydrogens (tertiary/aromatic N) is 2. The van der Waals surface area contributed by atoms with Crippen LogP contribution in [0.5, 0.6) is 0 Å². The van der Waals surface area contributed by atoms with Gasteiger partial charge in [0, 0.05) is 49.8 Å². The van der Waals surface area contributed by atoms with Crippen molar-refractivity contribution in [3.8, 4) is 39.2 Å². The zero-order valence-electron chi connectivity index (χ0n) is 39.1. The van der Waals surface area contributed by atoms with Gasteiger partial charge >= 0.3 is 0 Å². The van der Waals surface area contributed by atoms with Crippen molar-refractivity contribution in [3.05, 3.63) is 207 Å². The first-order chi connectivity index (χ1) is 32.1. The lowest BCUT2D eigenvalue weighted by Gasteiger charge is -2.11. The third kappa shape index (κ3) is 9.78. The molecule has 0 N–H and O–H groups in total. The lowest BCUT2D eigenvalue weighted by molar-refractivity contribution is 0.668. The number of furan rings is 2. The summed E-state index contributed by atoms with van der Waals surface area (Å²) in [4.78, 5) is 4.64. The summed E-state index contributed by atoms with van der Waals surface area (Å²) in [5.74, 6) is 0. The summed E-state index contributed by atoms with van der Waals surface area (Å²) in [5, 5.41) is 6.90. The van der Waals surface area contributed by atoms with Gasteiger partial charge in [0.25, 0.3) is 0 Å². The van der Waals surface area contributed by atoms with E-state index < -0.39 is 0 Å². The van der Waals surface area contributed by atoms with E-state index in [0.29, 0.717) is 0 Å². The number of benzene rings is 7. The van der Waals surface area contributed by atoms with Crippen LogP contribution in [-0.2, 0) is 0 Å². The van der Waals surface area contributed by atoms with Gasteiger partial charge in [0.2, 0.25) is 0 Å². The van der Waals surface area contributed by atoms with Gasteiger partial charge in [-0.15, -0.1) is 6.58 Å². The van der Waals surface area contributed by atoms with E-state index in [1.54, 1.807) is 12.2 Å². The molecule has 0 saturated carbocycles. The fraction of sp³-hybridized carbons (Fsp3) is 0.131. The van der Waals surface area contributed by atoms with Crippen LogP contribution in [0.2, 0.25) is 0 Å². The SMILES string of the molecule is C=C/C=C\C.C=CC.CC.CC.CC.c1ccc(-c2cccc(-n3c4ccc(-c5ccc6oc7ccccc7c6c5)cc4c4cc(-c5ccc6oc7ccccc7c6c5)ccc43)c2)nc1. The summed E-state index contributed by atoms with van der Waals surface area (Å²) in [6.07, 6.45) is 9.17. The number of hydrogen-bond acceptors (Lipinski definition) is 3. The summed E-state index contributed by atoms with van der Waals surface area (Å²) in [7, 11) is 0. The molecule has 11 rings (SSSR count). The first-order valence-corrected chi connectivity index (χ1v) is 22.8. The Bertz CT molecular complexity index is 3170. The highest BCUT2D eigenvalue weighted by atomic mass is 16.3. The molecule has 0 bridgehead atoms. The number of aromatic nitrogens is 2. The molecule has 0 aliphatic rings. The molecule has 7 aromatic carbocycles. The van der Waals surface area contributed by atoms with Gasteiger partial charge in [-0.25, -0.2) is 0 Å². The molecular weight excluding hydrogens is 793 g/mol. The highest BCUT2D eigenvalue weighted by Gasteiger charge is 2.17. The first-order valence-electron chi connectivity index (χ1n) is 22.8. The van der Waals surface area contributed by atoms with Crippen LogP contribution < -0.4 is 0 Å². The Hall–Kier alpha value is -7.69. The smallest absolute Gasteiger partial charge is 0.135 e. The van der Waals surface area contributed by atoms with Crippen LogP contribution in [0.1, 0.15) is 55.4 Å².